The van der Waals surface area contributed by atoms with Crippen molar-refractivity contribution in [1.82, 2.24) is 9.29 Å². The van der Waals surface area contributed by atoms with Crippen LogP contribution in [0, 0.1) is 5.82 Å². The minimum Gasteiger partial charge on any atom is -0.321 e. The number of sulfonamides is 1. The zero-order valence-corrected chi connectivity index (χ0v) is 18.0. The first-order valence-corrected chi connectivity index (χ1v) is 11.8. The molecule has 1 aliphatic heterocycles. The zero-order chi connectivity index (χ0) is 21.3. The molecule has 1 fully saturated rings. The van der Waals surface area contributed by atoms with Crippen LogP contribution in [0.15, 0.2) is 53.6 Å². The number of anilines is 1. The molecule has 1 saturated heterocycles. The molecular weight excluding hydrogens is 449 g/mol. The molecule has 2 heterocycles. The summed E-state index contributed by atoms with van der Waals surface area (Å²) < 4.78 is 41.0. The Morgan fingerprint density at radius 3 is 2.63 bits per heavy atom. The van der Waals surface area contributed by atoms with Crippen LogP contribution in [0.4, 0.5) is 10.1 Å². The highest BCUT2D eigenvalue weighted by molar-refractivity contribution is 7.89. The van der Waals surface area contributed by atoms with Crippen molar-refractivity contribution in [2.75, 3.05) is 18.4 Å². The maximum atomic E-state index is 13.9. The topological polar surface area (TPSA) is 79.4 Å². The van der Waals surface area contributed by atoms with Gasteiger partial charge in [0.1, 0.15) is 20.6 Å². The molecule has 0 radical (unpaired) electrons. The highest BCUT2D eigenvalue weighted by Gasteiger charge is 2.29. The van der Waals surface area contributed by atoms with Gasteiger partial charge < -0.3 is 5.32 Å². The van der Waals surface area contributed by atoms with E-state index in [1.807, 2.05) is 0 Å². The largest absolute Gasteiger partial charge is 0.321 e. The summed E-state index contributed by atoms with van der Waals surface area (Å²) in [5.41, 5.74) is 0.607. The summed E-state index contributed by atoms with van der Waals surface area (Å²) in [5.74, 6) is -0.893. The maximum Gasteiger partial charge on any atom is 0.267 e. The van der Waals surface area contributed by atoms with E-state index in [1.54, 1.807) is 18.2 Å². The molecule has 0 bridgehead atoms. The average Bonchev–Trinajstić information content (AvgIpc) is 3.42. The standard InChI is InChI=1S/C20H17ClFN3O3S2/c21-15-8-7-13(11-18(15)30(27,28)25-9-3-4-10-25)24-19(26)17-12-23-20(29-17)14-5-1-2-6-16(14)22/h1-2,5-8,11-12H,3-4,9-10H2,(H,24,26). The molecule has 0 atom stereocenters. The number of thiazole rings is 1. The summed E-state index contributed by atoms with van der Waals surface area (Å²) in [6, 6.07) is 10.5. The van der Waals surface area contributed by atoms with Crippen LogP contribution in [0.2, 0.25) is 5.02 Å². The van der Waals surface area contributed by atoms with Gasteiger partial charge in [0.15, 0.2) is 0 Å². The Balaban J connectivity index is 1.57. The van der Waals surface area contributed by atoms with Crippen LogP contribution in [0.5, 0.6) is 0 Å². The van der Waals surface area contributed by atoms with Gasteiger partial charge in [-0.25, -0.2) is 17.8 Å². The number of carbonyl (C=O) groups is 1. The Morgan fingerprint density at radius 1 is 1.17 bits per heavy atom. The van der Waals surface area contributed by atoms with E-state index in [-0.39, 0.29) is 14.8 Å². The quantitative estimate of drug-likeness (QED) is 0.595. The van der Waals surface area contributed by atoms with E-state index in [0.29, 0.717) is 29.3 Å². The van der Waals surface area contributed by atoms with Crippen LogP contribution >= 0.6 is 22.9 Å². The number of nitrogens with zero attached hydrogens (tertiary/aromatic N) is 2. The summed E-state index contributed by atoms with van der Waals surface area (Å²) in [6.45, 7) is 0.907. The van der Waals surface area contributed by atoms with Gasteiger partial charge in [-0.3, -0.25) is 4.79 Å². The van der Waals surface area contributed by atoms with Crippen molar-refractivity contribution in [2.45, 2.75) is 17.7 Å². The van der Waals surface area contributed by atoms with E-state index in [0.717, 1.165) is 24.2 Å². The van der Waals surface area contributed by atoms with Crippen LogP contribution in [-0.2, 0) is 10.0 Å². The van der Waals surface area contributed by atoms with Gasteiger partial charge in [-0.2, -0.15) is 4.31 Å². The molecule has 2 aromatic carbocycles. The van der Waals surface area contributed by atoms with Gasteiger partial charge in [0, 0.05) is 24.3 Å². The van der Waals surface area contributed by atoms with E-state index in [2.05, 4.69) is 10.3 Å². The number of carbonyl (C=O) groups excluding carboxylic acids is 1. The third kappa shape index (κ3) is 4.11. The lowest BCUT2D eigenvalue weighted by Crippen LogP contribution is -2.28. The van der Waals surface area contributed by atoms with E-state index in [9.17, 15) is 17.6 Å². The first kappa shape index (κ1) is 20.9. The predicted octanol–water partition coefficient (Wildman–Crippen LogP) is 4.64. The highest BCUT2D eigenvalue weighted by Crippen LogP contribution is 2.31. The van der Waals surface area contributed by atoms with Gasteiger partial charge in [0.25, 0.3) is 5.91 Å². The summed E-state index contributed by atoms with van der Waals surface area (Å²) in [5, 5.41) is 3.14. The molecule has 10 heteroatoms. The first-order chi connectivity index (χ1) is 14.4. The van der Waals surface area contributed by atoms with E-state index in [1.165, 1.54) is 34.8 Å². The molecular formula is C20H17ClFN3O3S2. The van der Waals surface area contributed by atoms with Crippen molar-refractivity contribution < 1.29 is 17.6 Å². The molecule has 4 rings (SSSR count). The normalized spacial score (nSPS) is 14.7. The lowest BCUT2D eigenvalue weighted by atomic mass is 10.2. The highest BCUT2D eigenvalue weighted by atomic mass is 35.5. The fourth-order valence-electron chi connectivity index (χ4n) is 3.18. The SMILES string of the molecule is O=C(Nc1ccc(Cl)c(S(=O)(=O)N2CCCC2)c1)c1cnc(-c2ccccc2F)s1. The fraction of sp³-hybridized carbons (Fsp3) is 0.200. The van der Waals surface area contributed by atoms with Crippen LogP contribution < -0.4 is 5.32 Å². The van der Waals surface area contributed by atoms with Gasteiger partial charge in [-0.05, 0) is 43.2 Å². The van der Waals surface area contributed by atoms with Gasteiger partial charge in [-0.15, -0.1) is 11.3 Å². The van der Waals surface area contributed by atoms with Crippen LogP contribution in [-0.4, -0.2) is 36.7 Å². The summed E-state index contributed by atoms with van der Waals surface area (Å²) in [7, 11) is -3.73. The fourth-order valence-corrected chi connectivity index (χ4v) is 6.03. The second-order valence-corrected chi connectivity index (χ2v) is 10.1. The molecule has 1 amide bonds. The van der Waals surface area contributed by atoms with Gasteiger partial charge in [-0.1, -0.05) is 23.7 Å². The number of benzene rings is 2. The predicted molar refractivity (Wildman–Crippen MR) is 115 cm³/mol. The van der Waals surface area contributed by atoms with Crippen molar-refractivity contribution in [3.63, 3.8) is 0 Å². The number of rotatable bonds is 5. The van der Waals surface area contributed by atoms with Gasteiger partial charge in [0.2, 0.25) is 10.0 Å². The Kier molecular flexibility index (Phi) is 5.88. The Hall–Kier alpha value is -2.33. The number of hydrogen-bond acceptors (Lipinski definition) is 5. The van der Waals surface area contributed by atoms with Crippen molar-refractivity contribution >= 4 is 44.6 Å². The molecule has 1 N–H and O–H groups in total. The van der Waals surface area contributed by atoms with Gasteiger partial charge >= 0.3 is 0 Å². The molecule has 0 unspecified atom stereocenters. The van der Waals surface area contributed by atoms with E-state index >= 15 is 0 Å². The minimum absolute atomic E-state index is 0.0415. The molecule has 3 aromatic rings. The molecule has 0 spiro atoms. The number of amides is 1. The monoisotopic (exact) mass is 465 g/mol. The van der Waals surface area contributed by atoms with Crippen molar-refractivity contribution in [3.8, 4) is 10.6 Å². The molecule has 30 heavy (non-hydrogen) atoms. The molecule has 0 aliphatic carbocycles. The van der Waals surface area contributed by atoms with Crippen LogP contribution in [0.25, 0.3) is 10.6 Å². The number of aromatic nitrogens is 1. The summed E-state index contributed by atoms with van der Waals surface area (Å²) in [6.07, 6.45) is 2.98. The second-order valence-electron chi connectivity index (χ2n) is 6.72. The lowest BCUT2D eigenvalue weighted by Gasteiger charge is -2.17. The Labute approximate surface area is 182 Å². The summed E-state index contributed by atoms with van der Waals surface area (Å²) in [4.78, 5) is 17.0. The minimum atomic E-state index is -3.73. The van der Waals surface area contributed by atoms with E-state index < -0.39 is 21.7 Å². The Morgan fingerprint density at radius 2 is 1.90 bits per heavy atom. The Bertz CT molecular complexity index is 1210. The smallest absolute Gasteiger partial charge is 0.267 e. The molecule has 0 saturated carbocycles. The molecule has 156 valence electrons. The number of hydrogen-bond donors (Lipinski definition) is 1. The zero-order valence-electron chi connectivity index (χ0n) is 15.6. The van der Waals surface area contributed by atoms with Crippen LogP contribution in [0.1, 0.15) is 22.5 Å². The third-order valence-electron chi connectivity index (χ3n) is 4.71. The first-order valence-electron chi connectivity index (χ1n) is 9.18. The lowest BCUT2D eigenvalue weighted by molar-refractivity contribution is 0.103. The molecule has 1 aliphatic rings. The third-order valence-corrected chi connectivity index (χ3v) is 8.12. The average molecular weight is 466 g/mol. The molecule has 6 nitrogen and oxygen atoms in total. The van der Waals surface area contributed by atoms with Crippen molar-refractivity contribution in [3.05, 3.63) is 64.4 Å². The second kappa shape index (κ2) is 8.43. The van der Waals surface area contributed by atoms with Crippen molar-refractivity contribution in [1.29, 1.82) is 0 Å². The number of nitrogens with one attached hydrogen (secondary N) is 1. The summed E-state index contributed by atoms with van der Waals surface area (Å²) >= 11 is 7.18. The number of halogens is 2. The van der Waals surface area contributed by atoms with E-state index in [4.69, 9.17) is 11.6 Å². The molecule has 1 aromatic heterocycles. The maximum absolute atomic E-state index is 13.9. The van der Waals surface area contributed by atoms with Gasteiger partial charge in [0.05, 0.1) is 11.2 Å². The van der Waals surface area contributed by atoms with Crippen molar-refractivity contribution in [2.24, 2.45) is 0 Å². The van der Waals surface area contributed by atoms with Crippen LogP contribution in [0.3, 0.4) is 0 Å².